The molecule has 20 heavy (non-hydrogen) atoms. The number of halogens is 3. The summed E-state index contributed by atoms with van der Waals surface area (Å²) in [5, 5.41) is 18.6. The highest BCUT2D eigenvalue weighted by Crippen LogP contribution is 2.42. The van der Waals surface area contributed by atoms with Gasteiger partial charge in [-0.2, -0.15) is 0 Å². The molecule has 1 rings (SSSR count). The number of aliphatic hydroxyl groups is 2. The van der Waals surface area contributed by atoms with Gasteiger partial charge in [-0.25, -0.2) is 0 Å². The van der Waals surface area contributed by atoms with E-state index in [0.29, 0.717) is 35.3 Å². The second-order valence-corrected chi connectivity index (χ2v) is 3.97. The fraction of sp³-hybridized carbons (Fsp3) is 0.500. The van der Waals surface area contributed by atoms with Gasteiger partial charge >= 0.3 is 0 Å². The first-order valence-corrected chi connectivity index (χ1v) is 5.94. The van der Waals surface area contributed by atoms with E-state index >= 15 is 0 Å². The fourth-order valence-corrected chi connectivity index (χ4v) is 1.99. The Morgan fingerprint density at radius 2 is 1.60 bits per heavy atom. The molecule has 118 valence electrons. The van der Waals surface area contributed by atoms with Crippen molar-refractivity contribution in [3.05, 3.63) is 17.2 Å². The highest BCUT2D eigenvalue weighted by atomic mass is 35.5. The number of hydrogen-bond acceptors (Lipinski definition) is 5. The molecular formula is C12H20Cl3NO4. The fourth-order valence-electron chi connectivity index (χ4n) is 1.76. The van der Waals surface area contributed by atoms with E-state index in [-0.39, 0.29) is 38.0 Å². The summed E-state index contributed by atoms with van der Waals surface area (Å²) in [7, 11) is 3.06. The Hall–Kier alpha value is -0.590. The number of hydrogen-bond donors (Lipinski definition) is 2. The summed E-state index contributed by atoms with van der Waals surface area (Å²) < 4.78 is 10.5. The molecule has 0 saturated heterocycles. The SMILES string of the molecule is COc1ccc(Cl)c(OC)c1N(CCO)CCO.Cl.Cl. The van der Waals surface area contributed by atoms with Crippen LogP contribution in [0.5, 0.6) is 11.5 Å². The Morgan fingerprint density at radius 1 is 1.05 bits per heavy atom. The molecule has 0 aliphatic rings. The lowest BCUT2D eigenvalue weighted by molar-refractivity contribution is 0.279. The molecule has 0 amide bonds. The number of ether oxygens (including phenoxy) is 2. The van der Waals surface area contributed by atoms with Gasteiger partial charge in [0.05, 0.1) is 32.5 Å². The van der Waals surface area contributed by atoms with Crippen molar-refractivity contribution in [3.8, 4) is 11.5 Å². The van der Waals surface area contributed by atoms with Crippen LogP contribution in [0.4, 0.5) is 5.69 Å². The van der Waals surface area contributed by atoms with Crippen LogP contribution in [-0.2, 0) is 0 Å². The molecular weight excluding hydrogens is 328 g/mol. The van der Waals surface area contributed by atoms with Gasteiger partial charge in [-0.05, 0) is 12.1 Å². The Kier molecular flexibility index (Phi) is 12.1. The van der Waals surface area contributed by atoms with Gasteiger partial charge in [-0.1, -0.05) is 11.6 Å². The maximum Gasteiger partial charge on any atom is 0.164 e. The third kappa shape index (κ3) is 5.07. The molecule has 0 unspecified atom stereocenters. The normalized spacial score (nSPS) is 9.25. The van der Waals surface area contributed by atoms with Crippen LogP contribution in [-0.4, -0.2) is 50.7 Å². The topological polar surface area (TPSA) is 62.2 Å². The predicted octanol–water partition coefficient (Wildman–Crippen LogP) is 1.99. The molecule has 0 spiro atoms. The summed E-state index contributed by atoms with van der Waals surface area (Å²) in [5.41, 5.74) is 0.635. The summed E-state index contributed by atoms with van der Waals surface area (Å²) in [6.45, 7) is 0.624. The van der Waals surface area contributed by atoms with Crippen LogP contribution in [0.2, 0.25) is 5.02 Å². The Balaban J connectivity index is 0. The molecule has 0 aliphatic heterocycles. The number of benzene rings is 1. The van der Waals surface area contributed by atoms with Gasteiger partial charge in [0, 0.05) is 13.1 Å². The minimum Gasteiger partial charge on any atom is -0.494 e. The molecule has 1 aromatic carbocycles. The summed E-state index contributed by atoms with van der Waals surface area (Å²) >= 11 is 6.07. The number of anilines is 1. The zero-order valence-electron chi connectivity index (χ0n) is 11.3. The average molecular weight is 349 g/mol. The van der Waals surface area contributed by atoms with Gasteiger partial charge < -0.3 is 24.6 Å². The molecule has 8 heteroatoms. The molecule has 0 fully saturated rings. The lowest BCUT2D eigenvalue weighted by Gasteiger charge is -2.27. The highest BCUT2D eigenvalue weighted by molar-refractivity contribution is 6.32. The lowest BCUT2D eigenvalue weighted by Crippen LogP contribution is -2.30. The van der Waals surface area contributed by atoms with Crippen molar-refractivity contribution >= 4 is 42.1 Å². The molecule has 0 saturated carbocycles. The maximum atomic E-state index is 9.08. The molecule has 2 N–H and O–H groups in total. The van der Waals surface area contributed by atoms with Gasteiger partial charge in [-0.3, -0.25) is 0 Å². The van der Waals surface area contributed by atoms with E-state index in [1.54, 1.807) is 24.1 Å². The van der Waals surface area contributed by atoms with Crippen LogP contribution in [0.1, 0.15) is 0 Å². The summed E-state index contributed by atoms with van der Waals surface area (Å²) in [6, 6.07) is 3.40. The first kappa shape index (κ1) is 21.7. The van der Waals surface area contributed by atoms with E-state index in [0.717, 1.165) is 0 Å². The highest BCUT2D eigenvalue weighted by Gasteiger charge is 2.19. The van der Waals surface area contributed by atoms with Crippen molar-refractivity contribution in [3.63, 3.8) is 0 Å². The Labute approximate surface area is 136 Å². The standard InChI is InChI=1S/C12H18ClNO4.2ClH/c1-17-10-4-3-9(13)12(18-2)11(10)14(5-7-15)6-8-16;;/h3-4,15-16H,5-8H2,1-2H3;2*1H. The number of methoxy groups -OCH3 is 2. The van der Waals surface area contributed by atoms with E-state index in [9.17, 15) is 0 Å². The maximum absolute atomic E-state index is 9.08. The minimum absolute atomic E-state index is 0. The monoisotopic (exact) mass is 347 g/mol. The third-order valence-corrected chi connectivity index (χ3v) is 2.82. The zero-order chi connectivity index (χ0) is 13.5. The van der Waals surface area contributed by atoms with E-state index in [1.807, 2.05) is 0 Å². The van der Waals surface area contributed by atoms with Crippen LogP contribution in [0.25, 0.3) is 0 Å². The van der Waals surface area contributed by atoms with Crippen molar-refractivity contribution in [2.45, 2.75) is 0 Å². The van der Waals surface area contributed by atoms with E-state index in [4.69, 9.17) is 31.3 Å². The molecule has 1 aromatic rings. The second-order valence-electron chi connectivity index (χ2n) is 3.57. The summed E-state index contributed by atoms with van der Waals surface area (Å²) in [6.07, 6.45) is 0. The smallest absolute Gasteiger partial charge is 0.164 e. The largest absolute Gasteiger partial charge is 0.494 e. The number of aliphatic hydroxyl groups excluding tert-OH is 2. The second kappa shape index (κ2) is 11.1. The van der Waals surface area contributed by atoms with Crippen LogP contribution in [0, 0.1) is 0 Å². The van der Waals surface area contributed by atoms with Gasteiger partial charge in [0.2, 0.25) is 0 Å². The quantitative estimate of drug-likeness (QED) is 0.789. The van der Waals surface area contributed by atoms with Crippen LogP contribution >= 0.6 is 36.4 Å². The van der Waals surface area contributed by atoms with Crippen LogP contribution in [0.15, 0.2) is 12.1 Å². The first-order chi connectivity index (χ1) is 8.69. The molecule has 0 radical (unpaired) electrons. The lowest BCUT2D eigenvalue weighted by atomic mass is 10.2. The van der Waals surface area contributed by atoms with E-state index in [1.165, 1.54) is 7.11 Å². The average Bonchev–Trinajstić information content (AvgIpc) is 2.38. The number of nitrogens with zero attached hydrogens (tertiary/aromatic N) is 1. The van der Waals surface area contributed by atoms with Crippen molar-refractivity contribution in [2.24, 2.45) is 0 Å². The summed E-state index contributed by atoms with van der Waals surface area (Å²) in [4.78, 5) is 1.77. The van der Waals surface area contributed by atoms with Gasteiger partial charge in [0.25, 0.3) is 0 Å². The first-order valence-electron chi connectivity index (χ1n) is 5.56. The Morgan fingerprint density at radius 3 is 2.00 bits per heavy atom. The van der Waals surface area contributed by atoms with Gasteiger partial charge in [0.15, 0.2) is 5.75 Å². The van der Waals surface area contributed by atoms with Crippen LogP contribution < -0.4 is 14.4 Å². The molecule has 0 aliphatic carbocycles. The molecule has 0 bridgehead atoms. The van der Waals surface area contributed by atoms with E-state index in [2.05, 4.69) is 0 Å². The predicted molar refractivity (Wildman–Crippen MR) is 85.4 cm³/mol. The molecule has 0 heterocycles. The molecule has 5 nitrogen and oxygen atoms in total. The minimum atomic E-state index is -0.0428. The van der Waals surface area contributed by atoms with E-state index < -0.39 is 0 Å². The zero-order valence-corrected chi connectivity index (χ0v) is 13.7. The van der Waals surface area contributed by atoms with Crippen LogP contribution in [0.3, 0.4) is 0 Å². The number of rotatable bonds is 7. The molecule has 0 aromatic heterocycles. The van der Waals surface area contributed by atoms with Crippen molar-refractivity contribution < 1.29 is 19.7 Å². The Bertz CT molecular complexity index is 387. The van der Waals surface area contributed by atoms with Crippen molar-refractivity contribution in [1.82, 2.24) is 0 Å². The summed E-state index contributed by atoms with van der Waals surface area (Å²) in [5.74, 6) is 1.05. The van der Waals surface area contributed by atoms with Crippen molar-refractivity contribution in [1.29, 1.82) is 0 Å². The molecule has 0 atom stereocenters. The van der Waals surface area contributed by atoms with Crippen molar-refractivity contribution in [2.75, 3.05) is 45.4 Å². The van der Waals surface area contributed by atoms with Gasteiger partial charge in [0.1, 0.15) is 11.4 Å². The van der Waals surface area contributed by atoms with Gasteiger partial charge in [-0.15, -0.1) is 24.8 Å². The third-order valence-electron chi connectivity index (χ3n) is 2.53.